The number of carbonyl (C=O) groups excluding carboxylic acids is 1. The smallest absolute Gasteiger partial charge is 0.321 e. The first-order chi connectivity index (χ1) is 7.67. The summed E-state index contributed by atoms with van der Waals surface area (Å²) in [6, 6.07) is 7.44. The first-order valence-electron chi connectivity index (χ1n) is 4.70. The number of halogens is 1. The highest BCUT2D eigenvalue weighted by molar-refractivity contribution is 9.10. The Hall–Kier alpha value is -1.47. The molecule has 0 aliphatic carbocycles. The van der Waals surface area contributed by atoms with Crippen molar-refractivity contribution in [3.05, 3.63) is 29.8 Å². The van der Waals surface area contributed by atoms with E-state index in [4.69, 9.17) is 6.42 Å². The summed E-state index contributed by atoms with van der Waals surface area (Å²) in [6.07, 6.45) is 5.28. The maximum atomic E-state index is 11.1. The standard InChI is InChI=1S/C12H12BrNO2/c1-3-9-5-4-6-10(7-9)14-8-11(13)12(15)16-2/h1,4-7,11,14H,8H2,2H3. The number of anilines is 1. The van der Waals surface area contributed by atoms with Crippen LogP contribution in [-0.2, 0) is 9.53 Å². The van der Waals surface area contributed by atoms with Crippen LogP contribution in [0.15, 0.2) is 24.3 Å². The van der Waals surface area contributed by atoms with Crippen LogP contribution in [0.1, 0.15) is 5.56 Å². The van der Waals surface area contributed by atoms with E-state index in [1.165, 1.54) is 7.11 Å². The highest BCUT2D eigenvalue weighted by Gasteiger charge is 2.14. The quantitative estimate of drug-likeness (QED) is 0.521. The van der Waals surface area contributed by atoms with Gasteiger partial charge in [-0.3, -0.25) is 4.79 Å². The molecule has 0 aliphatic heterocycles. The van der Waals surface area contributed by atoms with Crippen molar-refractivity contribution in [3.63, 3.8) is 0 Å². The summed E-state index contributed by atoms with van der Waals surface area (Å²) in [5.41, 5.74) is 1.68. The number of ether oxygens (including phenoxy) is 1. The third-order valence-electron chi connectivity index (χ3n) is 1.97. The molecule has 0 spiro atoms. The maximum Gasteiger partial charge on any atom is 0.321 e. The zero-order valence-electron chi connectivity index (χ0n) is 8.87. The van der Waals surface area contributed by atoms with Gasteiger partial charge in [-0.2, -0.15) is 0 Å². The predicted octanol–water partition coefficient (Wildman–Crippen LogP) is 2.02. The van der Waals surface area contributed by atoms with Gasteiger partial charge in [-0.15, -0.1) is 6.42 Å². The molecule has 1 N–H and O–H groups in total. The minimum Gasteiger partial charge on any atom is -0.468 e. The maximum absolute atomic E-state index is 11.1. The van der Waals surface area contributed by atoms with E-state index in [0.29, 0.717) is 6.54 Å². The monoisotopic (exact) mass is 281 g/mol. The third-order valence-corrected chi connectivity index (χ3v) is 2.67. The number of terminal acetylenes is 1. The molecule has 1 unspecified atom stereocenters. The first kappa shape index (κ1) is 12.6. The zero-order valence-corrected chi connectivity index (χ0v) is 10.5. The van der Waals surface area contributed by atoms with Gasteiger partial charge in [0, 0.05) is 17.8 Å². The van der Waals surface area contributed by atoms with E-state index in [0.717, 1.165) is 11.3 Å². The second-order valence-electron chi connectivity index (χ2n) is 3.10. The lowest BCUT2D eigenvalue weighted by molar-refractivity contribution is -0.139. The van der Waals surface area contributed by atoms with Crippen LogP contribution < -0.4 is 5.32 Å². The number of hydrogen-bond donors (Lipinski definition) is 1. The topological polar surface area (TPSA) is 38.3 Å². The second-order valence-corrected chi connectivity index (χ2v) is 4.20. The van der Waals surface area contributed by atoms with Crippen LogP contribution >= 0.6 is 15.9 Å². The number of rotatable bonds is 4. The van der Waals surface area contributed by atoms with E-state index in [1.807, 2.05) is 24.3 Å². The van der Waals surface area contributed by atoms with Crippen molar-refractivity contribution in [1.29, 1.82) is 0 Å². The van der Waals surface area contributed by atoms with Gasteiger partial charge in [0.1, 0.15) is 4.83 Å². The van der Waals surface area contributed by atoms with E-state index in [1.54, 1.807) is 0 Å². The van der Waals surface area contributed by atoms with Gasteiger partial charge < -0.3 is 10.1 Å². The minimum atomic E-state index is -0.369. The van der Waals surface area contributed by atoms with Crippen molar-refractivity contribution >= 4 is 27.6 Å². The Labute approximate surface area is 103 Å². The lowest BCUT2D eigenvalue weighted by atomic mass is 10.2. The molecule has 84 valence electrons. The van der Waals surface area contributed by atoms with Gasteiger partial charge in [-0.1, -0.05) is 27.9 Å². The van der Waals surface area contributed by atoms with Crippen molar-refractivity contribution in [3.8, 4) is 12.3 Å². The summed E-state index contributed by atoms with van der Waals surface area (Å²) >= 11 is 3.22. The van der Waals surface area contributed by atoms with E-state index in [-0.39, 0.29) is 10.8 Å². The summed E-state index contributed by atoms with van der Waals surface area (Å²) in [5, 5.41) is 3.09. The Morgan fingerprint density at radius 2 is 2.44 bits per heavy atom. The minimum absolute atomic E-state index is 0.305. The Kier molecular flexibility index (Phi) is 4.87. The number of benzene rings is 1. The average Bonchev–Trinajstić information content (AvgIpc) is 2.35. The van der Waals surface area contributed by atoms with Crippen LogP contribution in [0, 0.1) is 12.3 Å². The molecule has 0 fully saturated rings. The predicted molar refractivity (Wildman–Crippen MR) is 67.6 cm³/mol. The van der Waals surface area contributed by atoms with Gasteiger partial charge in [0.15, 0.2) is 0 Å². The van der Waals surface area contributed by atoms with Crippen LogP contribution in [-0.4, -0.2) is 24.5 Å². The summed E-state index contributed by atoms with van der Waals surface area (Å²) in [4.78, 5) is 10.7. The molecule has 4 heteroatoms. The van der Waals surface area contributed by atoms with Gasteiger partial charge in [-0.25, -0.2) is 0 Å². The number of nitrogens with one attached hydrogen (secondary N) is 1. The lowest BCUT2D eigenvalue weighted by Gasteiger charge is -2.10. The molecule has 0 aliphatic rings. The lowest BCUT2D eigenvalue weighted by Crippen LogP contribution is -2.24. The summed E-state index contributed by atoms with van der Waals surface area (Å²) in [5.74, 6) is 2.24. The normalized spacial score (nSPS) is 11.3. The van der Waals surface area contributed by atoms with E-state index in [9.17, 15) is 4.79 Å². The number of carbonyl (C=O) groups is 1. The van der Waals surface area contributed by atoms with E-state index < -0.39 is 0 Å². The van der Waals surface area contributed by atoms with Gasteiger partial charge in [-0.05, 0) is 18.2 Å². The zero-order chi connectivity index (χ0) is 12.0. The Morgan fingerprint density at radius 3 is 3.06 bits per heavy atom. The van der Waals surface area contributed by atoms with Crippen molar-refractivity contribution in [2.24, 2.45) is 0 Å². The number of alkyl halides is 1. The molecule has 16 heavy (non-hydrogen) atoms. The SMILES string of the molecule is C#Cc1cccc(NCC(Br)C(=O)OC)c1. The molecule has 1 aromatic carbocycles. The van der Waals surface area contributed by atoms with Crippen molar-refractivity contribution in [2.75, 3.05) is 19.0 Å². The molecular formula is C12H12BrNO2. The van der Waals surface area contributed by atoms with Crippen LogP contribution in [0.25, 0.3) is 0 Å². The summed E-state index contributed by atoms with van der Waals surface area (Å²) in [7, 11) is 1.36. The molecule has 1 atom stereocenters. The van der Waals surface area contributed by atoms with Crippen molar-refractivity contribution in [2.45, 2.75) is 4.83 Å². The molecule has 0 saturated carbocycles. The van der Waals surface area contributed by atoms with Gasteiger partial charge >= 0.3 is 5.97 Å². The number of methoxy groups -OCH3 is 1. The highest BCUT2D eigenvalue weighted by Crippen LogP contribution is 2.11. The second kappa shape index (κ2) is 6.19. The molecular weight excluding hydrogens is 270 g/mol. The van der Waals surface area contributed by atoms with Crippen molar-refractivity contribution in [1.82, 2.24) is 0 Å². The molecule has 0 aromatic heterocycles. The van der Waals surface area contributed by atoms with Crippen LogP contribution in [0.4, 0.5) is 5.69 Å². The molecule has 1 rings (SSSR count). The molecule has 0 heterocycles. The molecule has 0 radical (unpaired) electrons. The fraction of sp³-hybridized carbons (Fsp3) is 0.250. The molecule has 0 bridgehead atoms. The van der Waals surface area contributed by atoms with Gasteiger partial charge in [0.2, 0.25) is 0 Å². The summed E-state index contributed by atoms with van der Waals surface area (Å²) in [6.45, 7) is 0.445. The van der Waals surface area contributed by atoms with Gasteiger partial charge in [0.05, 0.1) is 7.11 Å². The van der Waals surface area contributed by atoms with Crippen molar-refractivity contribution < 1.29 is 9.53 Å². The van der Waals surface area contributed by atoms with Crippen LogP contribution in [0.2, 0.25) is 0 Å². The molecule has 3 nitrogen and oxygen atoms in total. The third kappa shape index (κ3) is 3.59. The molecule has 1 aromatic rings. The van der Waals surface area contributed by atoms with Crippen LogP contribution in [0.5, 0.6) is 0 Å². The highest BCUT2D eigenvalue weighted by atomic mass is 79.9. The Balaban J connectivity index is 2.55. The van der Waals surface area contributed by atoms with Crippen LogP contribution in [0.3, 0.4) is 0 Å². The number of esters is 1. The summed E-state index contributed by atoms with van der Waals surface area (Å²) < 4.78 is 4.59. The fourth-order valence-corrected chi connectivity index (χ4v) is 1.49. The largest absolute Gasteiger partial charge is 0.468 e. The van der Waals surface area contributed by atoms with E-state index >= 15 is 0 Å². The van der Waals surface area contributed by atoms with Gasteiger partial charge in [0.25, 0.3) is 0 Å². The Morgan fingerprint density at radius 1 is 1.69 bits per heavy atom. The molecule has 0 amide bonds. The Bertz CT molecular complexity index is 412. The van der Waals surface area contributed by atoms with E-state index in [2.05, 4.69) is 31.9 Å². The average molecular weight is 282 g/mol. The fourth-order valence-electron chi connectivity index (χ4n) is 1.14. The number of hydrogen-bond acceptors (Lipinski definition) is 3. The first-order valence-corrected chi connectivity index (χ1v) is 5.61. The molecule has 0 saturated heterocycles.